The molecular formula is C17H25NO3. The van der Waals surface area contributed by atoms with Crippen LogP contribution in [0.1, 0.15) is 39.0 Å². The summed E-state index contributed by atoms with van der Waals surface area (Å²) in [5, 5.41) is 0. The molecule has 1 heterocycles. The summed E-state index contributed by atoms with van der Waals surface area (Å²) < 4.78 is 5.55. The Kier molecular flexibility index (Phi) is 4.43. The number of imide groups is 1. The van der Waals surface area contributed by atoms with Gasteiger partial charge < -0.3 is 4.74 Å². The first-order valence-corrected chi connectivity index (χ1v) is 8.35. The number of ether oxygens (including phenoxy) is 1. The molecule has 2 bridgehead atoms. The number of likely N-dealkylation sites (tertiary alicyclic amines) is 1. The molecule has 0 unspecified atom stereocenters. The molecule has 0 aromatic heterocycles. The number of hydrogen-bond acceptors (Lipinski definition) is 3. The molecule has 3 aliphatic rings. The Hall–Kier alpha value is -1.16. The Morgan fingerprint density at radius 1 is 1.05 bits per heavy atom. The van der Waals surface area contributed by atoms with Crippen LogP contribution in [-0.4, -0.2) is 36.5 Å². The summed E-state index contributed by atoms with van der Waals surface area (Å²) in [6.07, 6.45) is 9.51. The first kappa shape index (κ1) is 14.8. The van der Waals surface area contributed by atoms with Gasteiger partial charge in [-0.15, -0.1) is 0 Å². The molecule has 4 nitrogen and oxygen atoms in total. The van der Waals surface area contributed by atoms with Crippen molar-refractivity contribution in [2.24, 2.45) is 23.7 Å². The van der Waals surface area contributed by atoms with E-state index in [1.807, 2.05) is 0 Å². The second-order valence-electron chi connectivity index (χ2n) is 6.50. The van der Waals surface area contributed by atoms with Gasteiger partial charge >= 0.3 is 0 Å². The summed E-state index contributed by atoms with van der Waals surface area (Å²) in [5.41, 5.74) is 0. The molecule has 2 aliphatic carbocycles. The zero-order valence-electron chi connectivity index (χ0n) is 12.8. The molecule has 1 aliphatic heterocycles. The zero-order valence-corrected chi connectivity index (χ0v) is 12.8. The molecule has 0 radical (unpaired) electrons. The number of unbranched alkanes of at least 4 members (excludes halogenated alkanes) is 2. The topological polar surface area (TPSA) is 46.6 Å². The highest BCUT2D eigenvalue weighted by Gasteiger charge is 2.58. The smallest absolute Gasteiger partial charge is 0.233 e. The minimum atomic E-state index is -0.0574. The van der Waals surface area contributed by atoms with Crippen molar-refractivity contribution >= 4 is 11.8 Å². The standard InChI is InChI=1S/C17H25NO3/c1-2-3-4-9-21-10-5-8-18-16(19)14-12-6-7-13(11-12)15(14)17(18)20/h6-7,12-15H,2-5,8-11H2,1H3/t12-,13+,14-,15+. The molecule has 4 heteroatoms. The van der Waals surface area contributed by atoms with Gasteiger partial charge in [-0.05, 0) is 31.1 Å². The zero-order chi connectivity index (χ0) is 14.8. The summed E-state index contributed by atoms with van der Waals surface area (Å²) in [7, 11) is 0. The highest BCUT2D eigenvalue weighted by atomic mass is 16.5. The number of hydrogen-bond donors (Lipinski definition) is 0. The van der Waals surface area contributed by atoms with E-state index in [9.17, 15) is 9.59 Å². The maximum Gasteiger partial charge on any atom is 0.233 e. The Balaban J connectivity index is 1.43. The third kappa shape index (κ3) is 2.66. The van der Waals surface area contributed by atoms with Gasteiger partial charge in [-0.25, -0.2) is 0 Å². The second-order valence-corrected chi connectivity index (χ2v) is 6.50. The lowest BCUT2D eigenvalue weighted by Crippen LogP contribution is -2.34. The average molecular weight is 291 g/mol. The minimum Gasteiger partial charge on any atom is -0.381 e. The molecule has 0 aromatic rings. The second kappa shape index (κ2) is 6.30. The summed E-state index contributed by atoms with van der Waals surface area (Å²) in [5.74, 6) is 0.634. The number of nitrogens with zero attached hydrogens (tertiary/aromatic N) is 1. The number of carbonyl (C=O) groups excluding carboxylic acids is 2. The van der Waals surface area contributed by atoms with Crippen LogP contribution in [0.15, 0.2) is 12.2 Å². The van der Waals surface area contributed by atoms with E-state index in [0.717, 1.165) is 25.9 Å². The molecule has 4 atom stereocenters. The molecule has 116 valence electrons. The first-order valence-electron chi connectivity index (χ1n) is 8.35. The van der Waals surface area contributed by atoms with Crippen molar-refractivity contribution < 1.29 is 14.3 Å². The normalized spacial score (nSPS) is 33.3. The van der Waals surface area contributed by atoms with Gasteiger partial charge in [-0.3, -0.25) is 14.5 Å². The van der Waals surface area contributed by atoms with Crippen molar-refractivity contribution in [2.45, 2.75) is 39.0 Å². The molecule has 3 rings (SSSR count). The fourth-order valence-electron chi connectivity index (χ4n) is 4.07. The van der Waals surface area contributed by atoms with Crippen molar-refractivity contribution in [1.29, 1.82) is 0 Å². The third-order valence-corrected chi connectivity index (χ3v) is 5.12. The minimum absolute atomic E-state index is 0.0574. The molecule has 1 saturated heterocycles. The summed E-state index contributed by atoms with van der Waals surface area (Å²) in [4.78, 5) is 26.3. The van der Waals surface area contributed by atoms with Gasteiger partial charge in [0.05, 0.1) is 11.8 Å². The van der Waals surface area contributed by atoms with Crippen LogP contribution in [0.3, 0.4) is 0 Å². The third-order valence-electron chi connectivity index (χ3n) is 5.12. The van der Waals surface area contributed by atoms with E-state index in [1.54, 1.807) is 0 Å². The molecule has 1 saturated carbocycles. The van der Waals surface area contributed by atoms with Crippen LogP contribution in [0.2, 0.25) is 0 Å². The number of amides is 2. The predicted octanol–water partition coefficient (Wildman–Crippen LogP) is 2.39. The number of fused-ring (bicyclic) bond motifs is 5. The van der Waals surface area contributed by atoms with Gasteiger partial charge in [0.15, 0.2) is 0 Å². The van der Waals surface area contributed by atoms with Crippen LogP contribution in [-0.2, 0) is 14.3 Å². The number of allylic oxidation sites excluding steroid dienone is 2. The molecule has 0 aromatic carbocycles. The maximum absolute atomic E-state index is 12.4. The lowest BCUT2D eigenvalue weighted by Gasteiger charge is -2.17. The predicted molar refractivity (Wildman–Crippen MR) is 79.4 cm³/mol. The van der Waals surface area contributed by atoms with Crippen molar-refractivity contribution in [1.82, 2.24) is 4.90 Å². The van der Waals surface area contributed by atoms with Crippen LogP contribution < -0.4 is 0 Å². The Labute approximate surface area is 126 Å². The Morgan fingerprint density at radius 3 is 2.29 bits per heavy atom. The first-order chi connectivity index (χ1) is 10.2. The molecule has 2 fully saturated rings. The monoisotopic (exact) mass is 291 g/mol. The Morgan fingerprint density at radius 2 is 1.67 bits per heavy atom. The van der Waals surface area contributed by atoms with Crippen molar-refractivity contribution in [2.75, 3.05) is 19.8 Å². The van der Waals surface area contributed by atoms with E-state index in [2.05, 4.69) is 19.1 Å². The van der Waals surface area contributed by atoms with E-state index < -0.39 is 0 Å². The van der Waals surface area contributed by atoms with Gasteiger partial charge in [0.25, 0.3) is 0 Å². The van der Waals surface area contributed by atoms with Crippen molar-refractivity contribution in [3.63, 3.8) is 0 Å². The van der Waals surface area contributed by atoms with Crippen LogP contribution >= 0.6 is 0 Å². The quantitative estimate of drug-likeness (QED) is 0.392. The molecule has 0 spiro atoms. The lowest BCUT2D eigenvalue weighted by molar-refractivity contribution is -0.140. The van der Waals surface area contributed by atoms with Gasteiger partial charge in [0.2, 0.25) is 11.8 Å². The van der Waals surface area contributed by atoms with Crippen LogP contribution in [0.25, 0.3) is 0 Å². The molecule has 2 amide bonds. The van der Waals surface area contributed by atoms with Crippen LogP contribution in [0, 0.1) is 23.7 Å². The van der Waals surface area contributed by atoms with Gasteiger partial charge in [-0.2, -0.15) is 0 Å². The average Bonchev–Trinajstić information content (AvgIpc) is 3.15. The SMILES string of the molecule is CCCCCOCCCN1C(=O)[C@@H]2[C@H](C1=O)[C@@H]1C=C[C@H]2C1. The summed E-state index contributed by atoms with van der Waals surface area (Å²) >= 11 is 0. The van der Waals surface area contributed by atoms with E-state index in [-0.39, 0.29) is 23.7 Å². The Bertz CT molecular complexity index is 415. The number of rotatable bonds is 8. The molecule has 0 N–H and O–H groups in total. The van der Waals surface area contributed by atoms with E-state index in [0.29, 0.717) is 25.0 Å². The number of carbonyl (C=O) groups is 2. The van der Waals surface area contributed by atoms with Crippen molar-refractivity contribution in [3.05, 3.63) is 12.2 Å². The van der Waals surface area contributed by atoms with E-state index in [1.165, 1.54) is 17.7 Å². The van der Waals surface area contributed by atoms with E-state index in [4.69, 9.17) is 4.74 Å². The highest BCUT2D eigenvalue weighted by molar-refractivity contribution is 6.06. The largest absolute Gasteiger partial charge is 0.381 e. The highest BCUT2D eigenvalue weighted by Crippen LogP contribution is 2.52. The summed E-state index contributed by atoms with van der Waals surface area (Å²) in [6.45, 7) is 4.12. The lowest BCUT2D eigenvalue weighted by atomic mass is 9.85. The molecule has 21 heavy (non-hydrogen) atoms. The van der Waals surface area contributed by atoms with Crippen LogP contribution in [0.4, 0.5) is 0 Å². The van der Waals surface area contributed by atoms with Gasteiger partial charge in [0, 0.05) is 19.8 Å². The van der Waals surface area contributed by atoms with Gasteiger partial charge in [-0.1, -0.05) is 31.9 Å². The van der Waals surface area contributed by atoms with E-state index >= 15 is 0 Å². The fraction of sp³-hybridized carbons (Fsp3) is 0.765. The maximum atomic E-state index is 12.4. The molecular weight excluding hydrogens is 266 g/mol. The summed E-state index contributed by atoms with van der Waals surface area (Å²) in [6, 6.07) is 0. The van der Waals surface area contributed by atoms with Crippen LogP contribution in [0.5, 0.6) is 0 Å². The fourth-order valence-corrected chi connectivity index (χ4v) is 4.07. The van der Waals surface area contributed by atoms with Crippen molar-refractivity contribution in [3.8, 4) is 0 Å². The van der Waals surface area contributed by atoms with Gasteiger partial charge in [0.1, 0.15) is 0 Å².